The second-order valence-electron chi connectivity index (χ2n) is 4.27. The number of hydrogen-bond donors (Lipinski definition) is 0. The highest BCUT2D eigenvalue weighted by Crippen LogP contribution is 2.23. The summed E-state index contributed by atoms with van der Waals surface area (Å²) in [6.07, 6.45) is 0. The van der Waals surface area contributed by atoms with Crippen molar-refractivity contribution in [2.75, 3.05) is 33.9 Å². The van der Waals surface area contributed by atoms with Crippen LogP contribution in [0.3, 0.4) is 0 Å². The van der Waals surface area contributed by atoms with E-state index in [0.717, 1.165) is 24.2 Å². The van der Waals surface area contributed by atoms with Crippen LogP contribution in [0.1, 0.15) is 13.8 Å². The van der Waals surface area contributed by atoms with Crippen molar-refractivity contribution in [2.24, 2.45) is 0 Å². The Bertz CT molecular complexity index is 113. The average Bonchev–Trinajstić information content (AvgIpc) is 1.77. The predicted molar refractivity (Wildman–Crippen MR) is 41.9 cm³/mol. The van der Waals surface area contributed by atoms with Crippen LogP contribution in [0.15, 0.2) is 0 Å². The normalized spacial score (nSPS) is 30.0. The van der Waals surface area contributed by atoms with Crippen molar-refractivity contribution in [1.29, 1.82) is 0 Å². The fraction of sp³-hybridized carbons (Fsp3) is 1.00. The molecule has 1 rings (SSSR count). The first-order valence-electron chi connectivity index (χ1n) is 3.87. The lowest BCUT2D eigenvalue weighted by Gasteiger charge is -2.47. The minimum Gasteiger partial charge on any atom is -0.369 e. The van der Waals surface area contributed by atoms with Crippen molar-refractivity contribution in [3.63, 3.8) is 0 Å². The van der Waals surface area contributed by atoms with E-state index in [1.807, 2.05) is 0 Å². The third-order valence-corrected chi connectivity index (χ3v) is 2.89. The van der Waals surface area contributed by atoms with Gasteiger partial charge < -0.3 is 9.22 Å². The maximum absolute atomic E-state index is 5.40. The van der Waals surface area contributed by atoms with Gasteiger partial charge >= 0.3 is 0 Å². The molecular formula is C8H18NO+. The molecule has 1 aliphatic rings. The molecule has 0 bridgehead atoms. The summed E-state index contributed by atoms with van der Waals surface area (Å²) in [5.74, 6) is 0. The molecule has 2 heteroatoms. The molecule has 60 valence electrons. The van der Waals surface area contributed by atoms with Gasteiger partial charge in [0.2, 0.25) is 0 Å². The highest BCUT2D eigenvalue weighted by atomic mass is 16.5. The van der Waals surface area contributed by atoms with Crippen molar-refractivity contribution in [3.05, 3.63) is 0 Å². The van der Waals surface area contributed by atoms with Gasteiger partial charge in [-0.1, -0.05) is 0 Å². The van der Waals surface area contributed by atoms with E-state index in [-0.39, 0.29) is 5.54 Å². The molecule has 0 amide bonds. The van der Waals surface area contributed by atoms with Gasteiger partial charge in [0, 0.05) is 0 Å². The standard InChI is InChI=1S/C8H18NO/c1-8(2)7-10-6-5-9(8,3)4/h5-7H2,1-4H3/q+1. The molecule has 1 heterocycles. The van der Waals surface area contributed by atoms with Crippen LogP contribution in [0.5, 0.6) is 0 Å². The molecule has 1 aliphatic heterocycles. The Morgan fingerprint density at radius 2 is 1.90 bits per heavy atom. The lowest BCUT2D eigenvalue weighted by atomic mass is 10.0. The molecule has 0 unspecified atom stereocenters. The number of nitrogens with zero attached hydrogens (tertiary/aromatic N) is 1. The predicted octanol–water partition coefficient (Wildman–Crippen LogP) is 0.872. The van der Waals surface area contributed by atoms with Crippen LogP contribution in [-0.4, -0.2) is 43.9 Å². The van der Waals surface area contributed by atoms with Gasteiger partial charge in [-0.25, -0.2) is 0 Å². The molecule has 0 spiro atoms. The van der Waals surface area contributed by atoms with E-state index in [0.29, 0.717) is 0 Å². The van der Waals surface area contributed by atoms with Gasteiger partial charge in [-0.05, 0) is 13.8 Å². The van der Waals surface area contributed by atoms with Crippen molar-refractivity contribution in [1.82, 2.24) is 0 Å². The number of quaternary nitrogens is 1. The van der Waals surface area contributed by atoms with Crippen molar-refractivity contribution < 1.29 is 9.22 Å². The zero-order chi connectivity index (χ0) is 7.83. The van der Waals surface area contributed by atoms with Crippen LogP contribution >= 0.6 is 0 Å². The molecule has 0 atom stereocenters. The lowest BCUT2D eigenvalue weighted by Crippen LogP contribution is -2.62. The van der Waals surface area contributed by atoms with Crippen LogP contribution in [0, 0.1) is 0 Å². The number of hydrogen-bond acceptors (Lipinski definition) is 1. The Balaban J connectivity index is 2.70. The van der Waals surface area contributed by atoms with Crippen molar-refractivity contribution in [3.8, 4) is 0 Å². The van der Waals surface area contributed by atoms with E-state index < -0.39 is 0 Å². The minimum atomic E-state index is 0.290. The quantitative estimate of drug-likeness (QED) is 0.458. The second kappa shape index (κ2) is 2.21. The van der Waals surface area contributed by atoms with Crippen LogP contribution < -0.4 is 0 Å². The molecule has 0 aromatic rings. The zero-order valence-electron chi connectivity index (χ0n) is 7.48. The molecule has 0 aromatic heterocycles. The fourth-order valence-corrected chi connectivity index (χ4v) is 1.09. The van der Waals surface area contributed by atoms with Crippen LogP contribution in [0.25, 0.3) is 0 Å². The maximum Gasteiger partial charge on any atom is 0.117 e. The molecule has 1 saturated heterocycles. The first-order chi connectivity index (χ1) is 4.46. The Kier molecular flexibility index (Phi) is 1.77. The lowest BCUT2D eigenvalue weighted by molar-refractivity contribution is -0.946. The highest BCUT2D eigenvalue weighted by Gasteiger charge is 2.39. The van der Waals surface area contributed by atoms with Crippen LogP contribution in [0.4, 0.5) is 0 Å². The summed E-state index contributed by atoms with van der Waals surface area (Å²) in [5, 5.41) is 0. The number of ether oxygens (including phenoxy) is 1. The van der Waals surface area contributed by atoms with Crippen LogP contribution in [-0.2, 0) is 4.74 Å². The molecule has 0 aromatic carbocycles. The Labute approximate surface area is 63.4 Å². The monoisotopic (exact) mass is 144 g/mol. The summed E-state index contributed by atoms with van der Waals surface area (Å²) in [6, 6.07) is 0. The average molecular weight is 144 g/mol. The van der Waals surface area contributed by atoms with Crippen molar-refractivity contribution >= 4 is 0 Å². The molecule has 0 aliphatic carbocycles. The van der Waals surface area contributed by atoms with Gasteiger partial charge in [0.15, 0.2) is 0 Å². The van der Waals surface area contributed by atoms with E-state index in [9.17, 15) is 0 Å². The largest absolute Gasteiger partial charge is 0.369 e. The molecular weight excluding hydrogens is 126 g/mol. The van der Waals surface area contributed by atoms with E-state index in [2.05, 4.69) is 27.9 Å². The number of likely N-dealkylation sites (N-methyl/N-ethyl adjacent to an activating group) is 1. The molecule has 0 saturated carbocycles. The highest BCUT2D eigenvalue weighted by molar-refractivity contribution is 4.70. The summed E-state index contributed by atoms with van der Waals surface area (Å²) in [4.78, 5) is 0. The van der Waals surface area contributed by atoms with Crippen LogP contribution in [0.2, 0.25) is 0 Å². The molecule has 0 N–H and O–H groups in total. The summed E-state index contributed by atoms with van der Waals surface area (Å²) in [5.41, 5.74) is 0.290. The summed E-state index contributed by atoms with van der Waals surface area (Å²) in [7, 11) is 4.53. The third kappa shape index (κ3) is 1.18. The smallest absolute Gasteiger partial charge is 0.117 e. The first-order valence-corrected chi connectivity index (χ1v) is 3.87. The Morgan fingerprint density at radius 1 is 1.30 bits per heavy atom. The summed E-state index contributed by atoms with van der Waals surface area (Å²) < 4.78 is 6.48. The van der Waals surface area contributed by atoms with Gasteiger partial charge in [0.25, 0.3) is 0 Å². The number of morpholine rings is 1. The Morgan fingerprint density at radius 3 is 2.20 bits per heavy atom. The second-order valence-corrected chi connectivity index (χ2v) is 4.27. The Hall–Kier alpha value is -0.0800. The van der Waals surface area contributed by atoms with Gasteiger partial charge in [-0.3, -0.25) is 0 Å². The fourth-order valence-electron chi connectivity index (χ4n) is 1.09. The summed E-state index contributed by atoms with van der Waals surface area (Å²) >= 11 is 0. The molecule has 0 radical (unpaired) electrons. The van der Waals surface area contributed by atoms with Gasteiger partial charge in [-0.2, -0.15) is 0 Å². The van der Waals surface area contributed by atoms with Gasteiger partial charge in [-0.15, -0.1) is 0 Å². The van der Waals surface area contributed by atoms with Gasteiger partial charge in [0.05, 0.1) is 20.7 Å². The number of rotatable bonds is 0. The SMILES string of the molecule is CC1(C)COCC[N+]1(C)C. The zero-order valence-corrected chi connectivity index (χ0v) is 7.48. The molecule has 10 heavy (non-hydrogen) atoms. The minimum absolute atomic E-state index is 0.290. The van der Waals surface area contributed by atoms with Gasteiger partial charge in [0.1, 0.15) is 18.7 Å². The first kappa shape index (κ1) is 8.02. The van der Waals surface area contributed by atoms with E-state index in [4.69, 9.17) is 4.74 Å². The van der Waals surface area contributed by atoms with E-state index >= 15 is 0 Å². The van der Waals surface area contributed by atoms with E-state index in [1.165, 1.54) is 0 Å². The van der Waals surface area contributed by atoms with Crippen molar-refractivity contribution in [2.45, 2.75) is 19.4 Å². The maximum atomic E-state index is 5.40. The van der Waals surface area contributed by atoms with E-state index in [1.54, 1.807) is 0 Å². The third-order valence-electron chi connectivity index (χ3n) is 2.89. The topological polar surface area (TPSA) is 9.23 Å². The molecule has 1 fully saturated rings. The summed E-state index contributed by atoms with van der Waals surface area (Å²) in [6.45, 7) is 7.45. The molecule has 2 nitrogen and oxygen atoms in total.